The number of amides is 2. The first kappa shape index (κ1) is 17.4. The van der Waals surface area contributed by atoms with Crippen molar-refractivity contribution in [3.8, 4) is 0 Å². The van der Waals surface area contributed by atoms with Gasteiger partial charge in [-0.15, -0.1) is 12.4 Å². The van der Waals surface area contributed by atoms with Gasteiger partial charge in [0.25, 0.3) is 0 Å². The topological polar surface area (TPSA) is 84.2 Å². The Morgan fingerprint density at radius 3 is 2.26 bits per heavy atom. The van der Waals surface area contributed by atoms with Gasteiger partial charge in [0.1, 0.15) is 0 Å². The molecule has 0 aromatic heterocycles. The Kier molecular flexibility index (Phi) is 5.99. The van der Waals surface area contributed by atoms with Gasteiger partial charge in [-0.3, -0.25) is 9.59 Å². The molecule has 6 heteroatoms. The summed E-state index contributed by atoms with van der Waals surface area (Å²) in [5, 5.41) is 5.41. The van der Waals surface area contributed by atoms with Crippen LogP contribution in [0.1, 0.15) is 26.3 Å². The summed E-state index contributed by atoms with van der Waals surface area (Å²) in [7, 11) is 0. The van der Waals surface area contributed by atoms with E-state index in [1.54, 1.807) is 26.0 Å². The molecule has 0 aliphatic carbocycles. The summed E-state index contributed by atoms with van der Waals surface area (Å²) in [6, 6.07) is 5.30. The molecule has 0 bridgehead atoms. The normalized spacial score (nSPS) is 10.4. The van der Waals surface area contributed by atoms with Crippen LogP contribution in [0, 0.1) is 6.92 Å². The highest BCUT2D eigenvalue weighted by molar-refractivity contribution is 5.98. The molecule has 0 aliphatic rings. The quantitative estimate of drug-likeness (QED) is 0.795. The van der Waals surface area contributed by atoms with Crippen LogP contribution < -0.4 is 16.4 Å². The van der Waals surface area contributed by atoms with Crippen molar-refractivity contribution in [2.75, 3.05) is 10.6 Å². The summed E-state index contributed by atoms with van der Waals surface area (Å²) in [4.78, 5) is 22.8. The fourth-order valence-electron chi connectivity index (χ4n) is 1.32. The van der Waals surface area contributed by atoms with E-state index in [1.807, 2.05) is 13.0 Å². The van der Waals surface area contributed by atoms with Crippen molar-refractivity contribution in [2.24, 2.45) is 5.73 Å². The van der Waals surface area contributed by atoms with Gasteiger partial charge in [0.2, 0.25) is 11.8 Å². The van der Waals surface area contributed by atoms with E-state index >= 15 is 0 Å². The van der Waals surface area contributed by atoms with Crippen molar-refractivity contribution in [1.29, 1.82) is 0 Å². The number of carbonyl (C=O) groups is 2. The van der Waals surface area contributed by atoms with E-state index < -0.39 is 5.54 Å². The maximum absolute atomic E-state index is 11.7. The van der Waals surface area contributed by atoms with Gasteiger partial charge in [0.15, 0.2) is 0 Å². The number of aryl methyl sites for hydroxylation is 1. The zero-order valence-electron chi connectivity index (χ0n) is 11.5. The largest absolute Gasteiger partial charge is 0.326 e. The number of benzene rings is 1. The fraction of sp³-hybridized carbons (Fsp3) is 0.385. The van der Waals surface area contributed by atoms with E-state index in [-0.39, 0.29) is 24.2 Å². The molecule has 4 N–H and O–H groups in total. The lowest BCUT2D eigenvalue weighted by atomic mass is 10.1. The van der Waals surface area contributed by atoms with Gasteiger partial charge in [-0.1, -0.05) is 6.07 Å². The molecule has 0 spiro atoms. The average Bonchev–Trinajstić information content (AvgIpc) is 2.20. The Balaban J connectivity index is 0.00000324. The standard InChI is InChI=1S/C13H19N3O2.ClH/c1-8-5-6-10(7-11(8)15-9(2)17)16-12(18)13(3,4)14;/h5-7H,14H2,1-4H3,(H,15,17)(H,16,18);1H. The molecule has 0 atom stereocenters. The number of carbonyl (C=O) groups excluding carboxylic acids is 2. The lowest BCUT2D eigenvalue weighted by Gasteiger charge is -2.18. The van der Waals surface area contributed by atoms with Crippen molar-refractivity contribution in [3.05, 3.63) is 23.8 Å². The molecular weight excluding hydrogens is 266 g/mol. The Labute approximate surface area is 119 Å². The van der Waals surface area contributed by atoms with Crippen LogP contribution in [0.15, 0.2) is 18.2 Å². The van der Waals surface area contributed by atoms with E-state index in [9.17, 15) is 9.59 Å². The highest BCUT2D eigenvalue weighted by Gasteiger charge is 2.21. The molecule has 1 rings (SSSR count). The van der Waals surface area contributed by atoms with Gasteiger partial charge in [0, 0.05) is 18.3 Å². The number of rotatable bonds is 3. The summed E-state index contributed by atoms with van der Waals surface area (Å²) in [5.74, 6) is -0.430. The first-order chi connectivity index (χ1) is 8.20. The number of nitrogens with one attached hydrogen (secondary N) is 2. The van der Waals surface area contributed by atoms with Crippen molar-refractivity contribution in [3.63, 3.8) is 0 Å². The number of hydrogen-bond donors (Lipinski definition) is 3. The summed E-state index contributed by atoms with van der Waals surface area (Å²) >= 11 is 0. The summed E-state index contributed by atoms with van der Waals surface area (Å²) in [6.07, 6.45) is 0. The van der Waals surface area contributed by atoms with Gasteiger partial charge in [-0.2, -0.15) is 0 Å². The minimum Gasteiger partial charge on any atom is -0.326 e. The minimum absolute atomic E-state index is 0. The van der Waals surface area contributed by atoms with Crippen LogP contribution in [0.4, 0.5) is 11.4 Å². The third-order valence-corrected chi connectivity index (χ3v) is 2.39. The van der Waals surface area contributed by atoms with E-state index in [1.165, 1.54) is 6.92 Å². The van der Waals surface area contributed by atoms with Crippen LogP contribution in [-0.4, -0.2) is 17.4 Å². The lowest BCUT2D eigenvalue weighted by molar-refractivity contribution is -0.120. The van der Waals surface area contributed by atoms with Crippen molar-refractivity contribution < 1.29 is 9.59 Å². The highest BCUT2D eigenvalue weighted by atomic mass is 35.5. The Morgan fingerprint density at radius 2 is 1.79 bits per heavy atom. The maximum atomic E-state index is 11.7. The Hall–Kier alpha value is -1.59. The van der Waals surface area contributed by atoms with Crippen LogP contribution in [0.25, 0.3) is 0 Å². The first-order valence-electron chi connectivity index (χ1n) is 5.68. The first-order valence-corrected chi connectivity index (χ1v) is 5.68. The monoisotopic (exact) mass is 285 g/mol. The number of anilines is 2. The molecule has 5 nitrogen and oxygen atoms in total. The molecule has 0 saturated carbocycles. The van der Waals surface area contributed by atoms with Crippen LogP contribution in [0.5, 0.6) is 0 Å². The van der Waals surface area contributed by atoms with Crippen molar-refractivity contribution >= 4 is 35.6 Å². The molecule has 0 heterocycles. The second-order valence-corrected chi connectivity index (χ2v) is 4.89. The van der Waals surface area contributed by atoms with Gasteiger partial charge < -0.3 is 16.4 Å². The molecule has 0 unspecified atom stereocenters. The van der Waals surface area contributed by atoms with E-state index in [2.05, 4.69) is 10.6 Å². The Morgan fingerprint density at radius 1 is 1.21 bits per heavy atom. The van der Waals surface area contributed by atoms with Crippen molar-refractivity contribution in [2.45, 2.75) is 33.2 Å². The van der Waals surface area contributed by atoms with Crippen LogP contribution >= 0.6 is 12.4 Å². The molecule has 0 aliphatic heterocycles. The highest BCUT2D eigenvalue weighted by Crippen LogP contribution is 2.20. The third kappa shape index (κ3) is 5.28. The summed E-state index contributed by atoms with van der Waals surface area (Å²) < 4.78 is 0. The number of hydrogen-bond acceptors (Lipinski definition) is 3. The van der Waals surface area contributed by atoms with Gasteiger partial charge in [-0.25, -0.2) is 0 Å². The van der Waals surface area contributed by atoms with Crippen molar-refractivity contribution in [1.82, 2.24) is 0 Å². The maximum Gasteiger partial charge on any atom is 0.243 e. The molecule has 106 valence electrons. The predicted octanol–water partition coefficient (Wildman–Crippen LogP) is 2.05. The second kappa shape index (κ2) is 6.54. The predicted molar refractivity (Wildman–Crippen MR) is 79.6 cm³/mol. The van der Waals surface area contributed by atoms with Crippen LogP contribution in [-0.2, 0) is 9.59 Å². The molecule has 0 fully saturated rings. The molecule has 0 saturated heterocycles. The third-order valence-electron chi connectivity index (χ3n) is 2.39. The summed E-state index contributed by atoms with van der Waals surface area (Å²) in [5.41, 5.74) is 6.96. The smallest absolute Gasteiger partial charge is 0.243 e. The zero-order valence-corrected chi connectivity index (χ0v) is 12.4. The van der Waals surface area contributed by atoms with E-state index in [0.717, 1.165) is 5.56 Å². The minimum atomic E-state index is -0.945. The average molecular weight is 286 g/mol. The SMILES string of the molecule is CC(=O)Nc1cc(NC(=O)C(C)(C)N)ccc1C.Cl. The van der Waals surface area contributed by atoms with Gasteiger partial charge in [0.05, 0.1) is 5.54 Å². The zero-order chi connectivity index (χ0) is 13.9. The van der Waals surface area contributed by atoms with Gasteiger partial charge >= 0.3 is 0 Å². The second-order valence-electron chi connectivity index (χ2n) is 4.89. The fourth-order valence-corrected chi connectivity index (χ4v) is 1.32. The molecule has 2 amide bonds. The van der Waals surface area contributed by atoms with E-state index in [0.29, 0.717) is 11.4 Å². The molecule has 0 radical (unpaired) electrons. The van der Waals surface area contributed by atoms with Crippen LogP contribution in [0.3, 0.4) is 0 Å². The number of halogens is 1. The lowest BCUT2D eigenvalue weighted by Crippen LogP contribution is -2.45. The van der Waals surface area contributed by atoms with E-state index in [4.69, 9.17) is 5.73 Å². The summed E-state index contributed by atoms with van der Waals surface area (Å²) in [6.45, 7) is 6.58. The molecule has 19 heavy (non-hydrogen) atoms. The molecule has 1 aromatic rings. The molecule has 1 aromatic carbocycles. The molecular formula is C13H20ClN3O2. The van der Waals surface area contributed by atoms with Crippen LogP contribution in [0.2, 0.25) is 0 Å². The van der Waals surface area contributed by atoms with Gasteiger partial charge in [-0.05, 0) is 38.5 Å². The number of nitrogens with two attached hydrogens (primary N) is 1. The Bertz CT molecular complexity index is 481.